The van der Waals surface area contributed by atoms with Gasteiger partial charge in [0.25, 0.3) is 0 Å². The second-order valence-electron chi connectivity index (χ2n) is 5.62. The van der Waals surface area contributed by atoms with Crippen LogP contribution in [0.4, 0.5) is 0 Å². The van der Waals surface area contributed by atoms with Gasteiger partial charge in [0.15, 0.2) is 0 Å². The summed E-state index contributed by atoms with van der Waals surface area (Å²) in [5.41, 5.74) is 0.807. The maximum atomic E-state index is 11.9. The SMILES string of the molecule is C[C@@H](NC(=O)COC1CCCC1)c1ccc(S(N)(=O)=O)cc1. The highest BCUT2D eigenvalue weighted by Crippen LogP contribution is 2.21. The normalized spacial score (nSPS) is 17.4. The van der Waals surface area contributed by atoms with Crippen molar-refractivity contribution in [1.82, 2.24) is 5.32 Å². The first-order valence-electron chi connectivity index (χ1n) is 7.40. The van der Waals surface area contributed by atoms with Crippen LogP contribution in [0.3, 0.4) is 0 Å². The molecule has 2 rings (SSSR count). The van der Waals surface area contributed by atoms with E-state index in [2.05, 4.69) is 5.32 Å². The summed E-state index contributed by atoms with van der Waals surface area (Å²) in [5, 5.41) is 7.88. The molecule has 122 valence electrons. The van der Waals surface area contributed by atoms with Crippen molar-refractivity contribution >= 4 is 15.9 Å². The van der Waals surface area contributed by atoms with Crippen molar-refractivity contribution in [1.29, 1.82) is 0 Å². The van der Waals surface area contributed by atoms with E-state index in [9.17, 15) is 13.2 Å². The zero-order valence-electron chi connectivity index (χ0n) is 12.6. The van der Waals surface area contributed by atoms with E-state index >= 15 is 0 Å². The van der Waals surface area contributed by atoms with Gasteiger partial charge in [-0.1, -0.05) is 25.0 Å². The molecule has 1 amide bonds. The fourth-order valence-corrected chi connectivity index (χ4v) is 3.08. The molecule has 0 aromatic heterocycles. The number of carbonyl (C=O) groups is 1. The average molecular weight is 326 g/mol. The number of carbonyl (C=O) groups excluding carboxylic acids is 1. The lowest BCUT2D eigenvalue weighted by molar-refractivity contribution is -0.128. The van der Waals surface area contributed by atoms with Gasteiger partial charge in [-0.15, -0.1) is 0 Å². The molecule has 1 aliphatic carbocycles. The number of nitrogens with two attached hydrogens (primary N) is 1. The van der Waals surface area contributed by atoms with Crippen LogP contribution in [0.15, 0.2) is 29.2 Å². The van der Waals surface area contributed by atoms with E-state index in [1.807, 2.05) is 6.92 Å². The number of hydrogen-bond donors (Lipinski definition) is 2. The highest BCUT2D eigenvalue weighted by atomic mass is 32.2. The minimum atomic E-state index is -3.69. The average Bonchev–Trinajstić information content (AvgIpc) is 2.97. The lowest BCUT2D eigenvalue weighted by atomic mass is 10.1. The number of rotatable bonds is 6. The molecule has 0 unspecified atom stereocenters. The van der Waals surface area contributed by atoms with Crippen molar-refractivity contribution in [3.8, 4) is 0 Å². The van der Waals surface area contributed by atoms with Crippen LogP contribution in [-0.4, -0.2) is 27.0 Å². The van der Waals surface area contributed by atoms with Crippen LogP contribution in [0, 0.1) is 0 Å². The quantitative estimate of drug-likeness (QED) is 0.827. The van der Waals surface area contributed by atoms with Gasteiger partial charge in [-0.3, -0.25) is 4.79 Å². The number of nitrogens with one attached hydrogen (secondary N) is 1. The first-order valence-corrected chi connectivity index (χ1v) is 8.94. The van der Waals surface area contributed by atoms with Crippen LogP contribution in [-0.2, 0) is 19.6 Å². The van der Waals surface area contributed by atoms with Gasteiger partial charge in [-0.05, 0) is 37.5 Å². The number of hydrogen-bond acceptors (Lipinski definition) is 4. The predicted octanol–water partition coefficient (Wildman–Crippen LogP) is 1.47. The molecule has 0 bridgehead atoms. The minimum absolute atomic E-state index is 0.0549. The Morgan fingerprint density at radius 2 is 1.91 bits per heavy atom. The van der Waals surface area contributed by atoms with Crippen molar-refractivity contribution < 1.29 is 17.9 Å². The number of sulfonamides is 1. The van der Waals surface area contributed by atoms with Gasteiger partial charge < -0.3 is 10.1 Å². The molecule has 1 aromatic rings. The topological polar surface area (TPSA) is 98.5 Å². The molecule has 7 heteroatoms. The maximum absolute atomic E-state index is 11.9. The van der Waals surface area contributed by atoms with E-state index in [4.69, 9.17) is 9.88 Å². The second-order valence-corrected chi connectivity index (χ2v) is 7.18. The number of primary sulfonamides is 1. The summed E-state index contributed by atoms with van der Waals surface area (Å²) < 4.78 is 27.9. The Hall–Kier alpha value is -1.44. The Balaban J connectivity index is 1.85. The van der Waals surface area contributed by atoms with Crippen molar-refractivity contribution in [3.63, 3.8) is 0 Å². The minimum Gasteiger partial charge on any atom is -0.368 e. The number of benzene rings is 1. The summed E-state index contributed by atoms with van der Waals surface area (Å²) in [4.78, 5) is 11.9. The molecule has 3 N–H and O–H groups in total. The molecule has 1 saturated carbocycles. The predicted molar refractivity (Wildman–Crippen MR) is 82.6 cm³/mol. The van der Waals surface area contributed by atoms with E-state index in [-0.39, 0.29) is 29.6 Å². The van der Waals surface area contributed by atoms with Crippen molar-refractivity contribution in [3.05, 3.63) is 29.8 Å². The van der Waals surface area contributed by atoms with Gasteiger partial charge in [-0.25, -0.2) is 13.6 Å². The first kappa shape index (κ1) is 16.9. The number of ether oxygens (including phenoxy) is 1. The highest BCUT2D eigenvalue weighted by molar-refractivity contribution is 7.89. The summed E-state index contributed by atoms with van der Waals surface area (Å²) in [6.45, 7) is 1.89. The van der Waals surface area contributed by atoms with Gasteiger partial charge in [0.05, 0.1) is 17.0 Å². The Labute approximate surface area is 131 Å². The first-order chi connectivity index (χ1) is 10.4. The van der Waals surface area contributed by atoms with Gasteiger partial charge in [0.2, 0.25) is 15.9 Å². The summed E-state index contributed by atoms with van der Waals surface area (Å²) in [6, 6.07) is 5.92. The Kier molecular flexibility index (Phi) is 5.55. The molecule has 0 aliphatic heterocycles. The number of amides is 1. The largest absolute Gasteiger partial charge is 0.368 e. The van der Waals surface area contributed by atoms with Crippen LogP contribution in [0.5, 0.6) is 0 Å². The van der Waals surface area contributed by atoms with Crippen LogP contribution in [0.25, 0.3) is 0 Å². The van der Waals surface area contributed by atoms with Gasteiger partial charge >= 0.3 is 0 Å². The van der Waals surface area contributed by atoms with Gasteiger partial charge in [0.1, 0.15) is 6.61 Å². The molecule has 1 fully saturated rings. The molecular weight excluding hydrogens is 304 g/mol. The summed E-state index contributed by atoms with van der Waals surface area (Å²) in [6.07, 6.45) is 4.59. The Bertz CT molecular complexity index is 607. The molecule has 0 saturated heterocycles. The molecule has 22 heavy (non-hydrogen) atoms. The second kappa shape index (κ2) is 7.21. The van der Waals surface area contributed by atoms with E-state index in [0.717, 1.165) is 18.4 Å². The van der Waals surface area contributed by atoms with E-state index < -0.39 is 10.0 Å². The van der Waals surface area contributed by atoms with Crippen LogP contribution in [0.2, 0.25) is 0 Å². The summed E-state index contributed by atoms with van der Waals surface area (Å²) >= 11 is 0. The molecule has 1 atom stereocenters. The highest BCUT2D eigenvalue weighted by Gasteiger charge is 2.17. The standard InChI is InChI=1S/C15H22N2O4S/c1-11(12-6-8-14(9-7-12)22(16,19)20)17-15(18)10-21-13-4-2-3-5-13/h6-9,11,13H,2-5,10H2,1H3,(H,17,18)(H2,16,19,20)/t11-/m1/s1. The zero-order valence-corrected chi connectivity index (χ0v) is 13.4. The molecule has 0 radical (unpaired) electrons. The fraction of sp³-hybridized carbons (Fsp3) is 0.533. The third-order valence-electron chi connectivity index (χ3n) is 3.84. The van der Waals surface area contributed by atoms with Crippen molar-refractivity contribution in [2.24, 2.45) is 5.14 Å². The molecule has 6 nitrogen and oxygen atoms in total. The Morgan fingerprint density at radius 3 is 2.45 bits per heavy atom. The third kappa shape index (κ3) is 4.79. The fourth-order valence-electron chi connectivity index (χ4n) is 2.56. The molecule has 0 heterocycles. The summed E-state index contributed by atoms with van der Waals surface area (Å²) in [5.74, 6) is -0.171. The molecule has 0 spiro atoms. The van der Waals surface area contributed by atoms with E-state index in [1.54, 1.807) is 12.1 Å². The molecular formula is C15H22N2O4S. The smallest absolute Gasteiger partial charge is 0.246 e. The monoisotopic (exact) mass is 326 g/mol. The van der Waals surface area contributed by atoms with Crippen molar-refractivity contribution in [2.75, 3.05) is 6.61 Å². The van der Waals surface area contributed by atoms with Crippen LogP contribution < -0.4 is 10.5 Å². The van der Waals surface area contributed by atoms with Crippen LogP contribution in [0.1, 0.15) is 44.2 Å². The third-order valence-corrected chi connectivity index (χ3v) is 4.77. The van der Waals surface area contributed by atoms with Gasteiger partial charge in [0, 0.05) is 0 Å². The zero-order chi connectivity index (χ0) is 16.2. The maximum Gasteiger partial charge on any atom is 0.246 e. The molecule has 1 aliphatic rings. The van der Waals surface area contributed by atoms with E-state index in [0.29, 0.717) is 0 Å². The van der Waals surface area contributed by atoms with E-state index in [1.165, 1.54) is 25.0 Å². The summed E-state index contributed by atoms with van der Waals surface area (Å²) in [7, 11) is -3.69. The van der Waals surface area contributed by atoms with Gasteiger partial charge in [-0.2, -0.15) is 0 Å². The Morgan fingerprint density at radius 1 is 1.32 bits per heavy atom. The van der Waals surface area contributed by atoms with Crippen molar-refractivity contribution in [2.45, 2.75) is 49.6 Å². The lowest BCUT2D eigenvalue weighted by Gasteiger charge is -2.16. The lowest BCUT2D eigenvalue weighted by Crippen LogP contribution is -2.31. The van der Waals surface area contributed by atoms with Crippen LogP contribution >= 0.6 is 0 Å². The molecule has 1 aromatic carbocycles.